The van der Waals surface area contributed by atoms with E-state index in [4.69, 9.17) is 21.1 Å². The fourth-order valence-electron chi connectivity index (χ4n) is 1.58. The maximum absolute atomic E-state index is 6.04. The van der Waals surface area contributed by atoms with Gasteiger partial charge < -0.3 is 14.8 Å². The molecule has 7 heteroatoms. The van der Waals surface area contributed by atoms with Crippen LogP contribution < -0.4 is 14.8 Å². The minimum absolute atomic E-state index is 0.415. The zero-order chi connectivity index (χ0) is 13.7. The molecule has 2 rings (SSSR count). The van der Waals surface area contributed by atoms with Crippen molar-refractivity contribution in [3.63, 3.8) is 0 Å². The molecule has 2 aromatic heterocycles. The molecule has 0 amide bonds. The molecule has 100 valence electrons. The molecule has 0 fully saturated rings. The molecule has 0 saturated heterocycles. The highest BCUT2D eigenvalue weighted by Crippen LogP contribution is 2.26. The molecular weight excluding hydrogens is 268 g/mol. The Balaban J connectivity index is 2.21. The summed E-state index contributed by atoms with van der Waals surface area (Å²) in [6.07, 6.45) is 4.66. The average molecular weight is 281 g/mol. The Kier molecular flexibility index (Phi) is 4.35. The van der Waals surface area contributed by atoms with Crippen LogP contribution in [0.3, 0.4) is 0 Å². The van der Waals surface area contributed by atoms with E-state index in [1.54, 1.807) is 32.7 Å². The smallest absolute Gasteiger partial charge is 0.225 e. The Labute approximate surface area is 115 Å². The number of hydrogen-bond donors (Lipinski definition) is 1. The summed E-state index contributed by atoms with van der Waals surface area (Å²) < 4.78 is 10.4. The molecule has 0 radical (unpaired) electrons. The Morgan fingerprint density at radius 1 is 1.21 bits per heavy atom. The third-order valence-electron chi connectivity index (χ3n) is 2.48. The molecule has 1 N–H and O–H groups in total. The summed E-state index contributed by atoms with van der Waals surface area (Å²) in [6.45, 7) is 0.415. The summed E-state index contributed by atoms with van der Waals surface area (Å²) in [6, 6.07) is 1.71. The van der Waals surface area contributed by atoms with E-state index in [0.29, 0.717) is 28.9 Å². The minimum atomic E-state index is 0.415. The minimum Gasteiger partial charge on any atom is -0.481 e. The lowest BCUT2D eigenvalue weighted by molar-refractivity contribution is 0.363. The standard InChI is InChI=1S/C12H13ClN4O2/c1-18-11-8(12(19-2)17-7-16-11)5-15-10-6-14-4-3-9(10)13/h3-4,6-7,15H,5H2,1-2H3. The third kappa shape index (κ3) is 3.03. The number of hydrogen-bond acceptors (Lipinski definition) is 6. The van der Waals surface area contributed by atoms with Crippen LogP contribution in [0.2, 0.25) is 5.02 Å². The molecule has 2 aromatic rings. The van der Waals surface area contributed by atoms with Gasteiger partial charge in [0.2, 0.25) is 11.8 Å². The SMILES string of the molecule is COc1ncnc(OC)c1CNc1cnccc1Cl. The molecule has 0 atom stereocenters. The first kappa shape index (κ1) is 13.4. The van der Waals surface area contributed by atoms with Gasteiger partial charge in [0.1, 0.15) is 6.33 Å². The number of nitrogens with zero attached hydrogens (tertiary/aromatic N) is 3. The second-order valence-corrected chi connectivity index (χ2v) is 3.99. The first-order valence-corrected chi connectivity index (χ1v) is 5.89. The molecule has 0 aliphatic rings. The highest BCUT2D eigenvalue weighted by molar-refractivity contribution is 6.33. The molecule has 0 aliphatic heterocycles. The number of rotatable bonds is 5. The number of ether oxygens (including phenoxy) is 2. The predicted molar refractivity (Wildman–Crippen MR) is 71.7 cm³/mol. The van der Waals surface area contributed by atoms with Crippen molar-refractivity contribution in [2.24, 2.45) is 0 Å². The molecule has 0 aliphatic carbocycles. The average Bonchev–Trinajstić information content (AvgIpc) is 2.46. The van der Waals surface area contributed by atoms with Crippen LogP contribution in [0.25, 0.3) is 0 Å². The normalized spacial score (nSPS) is 10.1. The fourth-order valence-corrected chi connectivity index (χ4v) is 1.75. The number of methoxy groups -OCH3 is 2. The van der Waals surface area contributed by atoms with Crippen LogP contribution in [0.4, 0.5) is 5.69 Å². The van der Waals surface area contributed by atoms with E-state index in [2.05, 4.69) is 20.3 Å². The lowest BCUT2D eigenvalue weighted by Gasteiger charge is -2.12. The summed E-state index contributed by atoms with van der Waals surface area (Å²) in [7, 11) is 3.09. The van der Waals surface area contributed by atoms with Crippen molar-refractivity contribution < 1.29 is 9.47 Å². The Bertz CT molecular complexity index is 543. The van der Waals surface area contributed by atoms with Crippen LogP contribution in [0.15, 0.2) is 24.8 Å². The summed E-state index contributed by atoms with van der Waals surface area (Å²) >= 11 is 6.04. The molecular formula is C12H13ClN4O2. The van der Waals surface area contributed by atoms with Crippen LogP contribution in [-0.4, -0.2) is 29.2 Å². The van der Waals surface area contributed by atoms with Crippen LogP contribution in [0.1, 0.15) is 5.56 Å². The summed E-state index contributed by atoms with van der Waals surface area (Å²) in [5.74, 6) is 0.915. The van der Waals surface area contributed by atoms with E-state index >= 15 is 0 Å². The molecule has 0 bridgehead atoms. The number of anilines is 1. The van der Waals surface area contributed by atoms with Gasteiger partial charge in [-0.15, -0.1) is 0 Å². The Morgan fingerprint density at radius 3 is 2.47 bits per heavy atom. The van der Waals surface area contributed by atoms with Crippen molar-refractivity contribution in [1.29, 1.82) is 0 Å². The molecule has 2 heterocycles. The zero-order valence-electron chi connectivity index (χ0n) is 10.6. The van der Waals surface area contributed by atoms with E-state index in [1.807, 2.05) is 0 Å². The largest absolute Gasteiger partial charge is 0.481 e. The van der Waals surface area contributed by atoms with E-state index in [1.165, 1.54) is 6.33 Å². The van der Waals surface area contributed by atoms with Gasteiger partial charge in [0.05, 0.1) is 43.2 Å². The van der Waals surface area contributed by atoms with Gasteiger partial charge in [0, 0.05) is 6.20 Å². The number of aromatic nitrogens is 3. The van der Waals surface area contributed by atoms with Crippen LogP contribution in [0, 0.1) is 0 Å². The van der Waals surface area contributed by atoms with Crippen LogP contribution in [-0.2, 0) is 6.54 Å². The van der Waals surface area contributed by atoms with Gasteiger partial charge in [0.25, 0.3) is 0 Å². The molecule has 6 nitrogen and oxygen atoms in total. The highest BCUT2D eigenvalue weighted by atomic mass is 35.5. The summed E-state index contributed by atoms with van der Waals surface area (Å²) in [4.78, 5) is 12.1. The van der Waals surface area contributed by atoms with Gasteiger partial charge in [0.15, 0.2) is 0 Å². The highest BCUT2D eigenvalue weighted by Gasteiger charge is 2.13. The van der Waals surface area contributed by atoms with Gasteiger partial charge in [-0.1, -0.05) is 11.6 Å². The topological polar surface area (TPSA) is 69.2 Å². The van der Waals surface area contributed by atoms with Crippen molar-refractivity contribution in [1.82, 2.24) is 15.0 Å². The monoisotopic (exact) mass is 280 g/mol. The van der Waals surface area contributed by atoms with E-state index in [-0.39, 0.29) is 0 Å². The molecule has 19 heavy (non-hydrogen) atoms. The van der Waals surface area contributed by atoms with Crippen LogP contribution in [0.5, 0.6) is 11.8 Å². The molecule has 0 saturated carbocycles. The Hall–Kier alpha value is -2.08. The first-order chi connectivity index (χ1) is 9.26. The van der Waals surface area contributed by atoms with Gasteiger partial charge in [-0.2, -0.15) is 0 Å². The van der Waals surface area contributed by atoms with Gasteiger partial charge in [-0.05, 0) is 6.07 Å². The van der Waals surface area contributed by atoms with Crippen molar-refractivity contribution in [3.05, 3.63) is 35.4 Å². The van der Waals surface area contributed by atoms with Crippen molar-refractivity contribution in [2.45, 2.75) is 6.54 Å². The molecule has 0 unspecified atom stereocenters. The van der Waals surface area contributed by atoms with Gasteiger partial charge in [-0.3, -0.25) is 4.98 Å². The zero-order valence-corrected chi connectivity index (χ0v) is 11.3. The number of halogens is 1. The van der Waals surface area contributed by atoms with E-state index < -0.39 is 0 Å². The van der Waals surface area contributed by atoms with E-state index in [9.17, 15) is 0 Å². The maximum atomic E-state index is 6.04. The lowest BCUT2D eigenvalue weighted by Crippen LogP contribution is -2.07. The summed E-state index contributed by atoms with van der Waals surface area (Å²) in [5.41, 5.74) is 1.43. The Morgan fingerprint density at radius 2 is 1.89 bits per heavy atom. The summed E-state index contributed by atoms with van der Waals surface area (Å²) in [5, 5.41) is 3.73. The van der Waals surface area contributed by atoms with E-state index in [0.717, 1.165) is 5.69 Å². The van der Waals surface area contributed by atoms with Gasteiger partial charge >= 0.3 is 0 Å². The van der Waals surface area contributed by atoms with Gasteiger partial charge in [-0.25, -0.2) is 9.97 Å². The van der Waals surface area contributed by atoms with Crippen molar-refractivity contribution in [3.8, 4) is 11.8 Å². The maximum Gasteiger partial charge on any atom is 0.225 e. The van der Waals surface area contributed by atoms with Crippen molar-refractivity contribution in [2.75, 3.05) is 19.5 Å². The number of pyridine rings is 1. The van der Waals surface area contributed by atoms with Crippen molar-refractivity contribution >= 4 is 17.3 Å². The molecule has 0 aromatic carbocycles. The first-order valence-electron chi connectivity index (χ1n) is 5.51. The second-order valence-electron chi connectivity index (χ2n) is 3.58. The fraction of sp³-hybridized carbons (Fsp3) is 0.250. The number of nitrogens with one attached hydrogen (secondary N) is 1. The second kappa shape index (κ2) is 6.19. The third-order valence-corrected chi connectivity index (χ3v) is 2.81. The predicted octanol–water partition coefficient (Wildman–Crippen LogP) is 2.15. The van der Waals surface area contributed by atoms with Crippen LogP contribution >= 0.6 is 11.6 Å². The lowest BCUT2D eigenvalue weighted by atomic mass is 10.3. The molecule has 0 spiro atoms. The quantitative estimate of drug-likeness (QED) is 0.905.